The van der Waals surface area contributed by atoms with Crippen LogP contribution in [0.4, 0.5) is 13.2 Å². The Kier molecular flexibility index (Phi) is 7.27. The van der Waals surface area contributed by atoms with Crippen LogP contribution in [0.5, 0.6) is 0 Å². The van der Waals surface area contributed by atoms with Gasteiger partial charge in [-0.05, 0) is 37.5 Å². The van der Waals surface area contributed by atoms with Gasteiger partial charge in [0.25, 0.3) is 0 Å². The summed E-state index contributed by atoms with van der Waals surface area (Å²) in [6, 6.07) is 5.22. The Balaban J connectivity index is 1.76. The summed E-state index contributed by atoms with van der Waals surface area (Å²) in [6.07, 6.45) is 1.46. The molecule has 1 aromatic carbocycles. The van der Waals surface area contributed by atoms with E-state index in [2.05, 4.69) is 19.9 Å². The van der Waals surface area contributed by atoms with E-state index in [0.29, 0.717) is 12.5 Å². The first-order chi connectivity index (χ1) is 12.8. The van der Waals surface area contributed by atoms with Crippen LogP contribution in [0.2, 0.25) is 0 Å². The molecule has 1 N–H and O–H groups in total. The topological polar surface area (TPSA) is 45.5 Å². The number of hydrogen-bond acceptors (Lipinski definition) is 2. The molecule has 0 spiro atoms. The summed E-state index contributed by atoms with van der Waals surface area (Å²) in [5.41, 5.74) is 0.161. The summed E-state index contributed by atoms with van der Waals surface area (Å²) in [4.78, 5) is 10.3. The van der Waals surface area contributed by atoms with Crippen molar-refractivity contribution in [3.8, 4) is 0 Å². The minimum Gasteiger partial charge on any atom is -0.356 e. The third-order valence-electron chi connectivity index (χ3n) is 4.31. The van der Waals surface area contributed by atoms with Crippen molar-refractivity contribution in [1.82, 2.24) is 19.8 Å². The average Bonchev–Trinajstić information content (AvgIpc) is 3.02. The number of nitrogens with zero attached hydrogens (tertiary/aromatic N) is 4. The predicted octanol–water partition coefficient (Wildman–Crippen LogP) is 3.70. The van der Waals surface area contributed by atoms with Gasteiger partial charge in [-0.1, -0.05) is 12.1 Å². The summed E-state index contributed by atoms with van der Waals surface area (Å²) in [7, 11) is 3.56. The third kappa shape index (κ3) is 6.30. The standard InChI is InChI=1S/C19H26F3N5/c1-15-24-11-13-27(15)12-5-4-10-25-18(23-2)26(3)14-16-6-8-17(9-7-16)19(20,21)22/h6-9,11,13H,4-5,10,12,14H2,1-3H3,(H,23,25). The number of aromatic nitrogens is 2. The lowest BCUT2D eigenvalue weighted by atomic mass is 10.1. The molecule has 27 heavy (non-hydrogen) atoms. The van der Waals surface area contributed by atoms with Crippen molar-refractivity contribution in [2.45, 2.75) is 39.0 Å². The van der Waals surface area contributed by atoms with Gasteiger partial charge < -0.3 is 14.8 Å². The first-order valence-electron chi connectivity index (χ1n) is 8.87. The number of aliphatic imine (C=N–C) groups is 1. The van der Waals surface area contributed by atoms with Crippen molar-refractivity contribution in [3.63, 3.8) is 0 Å². The molecule has 1 aromatic heterocycles. The molecule has 2 aromatic rings. The minimum absolute atomic E-state index is 0.478. The molecular weight excluding hydrogens is 355 g/mol. The quantitative estimate of drug-likeness (QED) is 0.452. The fourth-order valence-electron chi connectivity index (χ4n) is 2.78. The molecule has 0 radical (unpaired) electrons. The first kappa shape index (κ1) is 20.8. The Morgan fingerprint density at radius 1 is 1.22 bits per heavy atom. The number of benzene rings is 1. The number of imidazole rings is 1. The highest BCUT2D eigenvalue weighted by atomic mass is 19.4. The molecule has 5 nitrogen and oxygen atoms in total. The lowest BCUT2D eigenvalue weighted by Gasteiger charge is -2.22. The second-order valence-electron chi connectivity index (χ2n) is 6.40. The number of alkyl halides is 3. The van der Waals surface area contributed by atoms with Crippen molar-refractivity contribution in [2.24, 2.45) is 4.99 Å². The summed E-state index contributed by atoms with van der Waals surface area (Å²) in [5.74, 6) is 1.73. The van der Waals surface area contributed by atoms with E-state index in [1.165, 1.54) is 12.1 Å². The zero-order valence-corrected chi connectivity index (χ0v) is 15.9. The van der Waals surface area contributed by atoms with E-state index >= 15 is 0 Å². The van der Waals surface area contributed by atoms with Gasteiger partial charge >= 0.3 is 6.18 Å². The monoisotopic (exact) mass is 381 g/mol. The van der Waals surface area contributed by atoms with Crippen LogP contribution >= 0.6 is 0 Å². The number of guanidine groups is 1. The van der Waals surface area contributed by atoms with Gasteiger partial charge in [0.2, 0.25) is 0 Å². The van der Waals surface area contributed by atoms with E-state index in [1.807, 2.05) is 25.1 Å². The van der Waals surface area contributed by atoms with Gasteiger partial charge in [0.1, 0.15) is 5.82 Å². The Morgan fingerprint density at radius 3 is 2.48 bits per heavy atom. The van der Waals surface area contributed by atoms with E-state index in [1.54, 1.807) is 13.2 Å². The number of halogens is 3. The molecule has 0 saturated heterocycles. The van der Waals surface area contributed by atoms with E-state index in [9.17, 15) is 13.2 Å². The maximum atomic E-state index is 12.6. The number of rotatable bonds is 7. The molecule has 0 aliphatic rings. The molecule has 148 valence electrons. The van der Waals surface area contributed by atoms with Crippen LogP contribution in [0.25, 0.3) is 0 Å². The van der Waals surface area contributed by atoms with Crippen LogP contribution in [-0.2, 0) is 19.3 Å². The molecule has 0 bridgehead atoms. The number of aryl methyl sites for hydroxylation is 2. The van der Waals surface area contributed by atoms with Gasteiger partial charge in [-0.2, -0.15) is 13.2 Å². The van der Waals surface area contributed by atoms with Gasteiger partial charge in [0.15, 0.2) is 5.96 Å². The number of hydrogen-bond donors (Lipinski definition) is 1. The van der Waals surface area contributed by atoms with E-state index < -0.39 is 11.7 Å². The fourth-order valence-corrected chi connectivity index (χ4v) is 2.78. The van der Waals surface area contributed by atoms with Gasteiger partial charge in [-0.3, -0.25) is 4.99 Å². The highest BCUT2D eigenvalue weighted by Crippen LogP contribution is 2.29. The van der Waals surface area contributed by atoms with Crippen LogP contribution in [0, 0.1) is 6.92 Å². The van der Waals surface area contributed by atoms with Crippen LogP contribution < -0.4 is 5.32 Å². The maximum Gasteiger partial charge on any atom is 0.416 e. The van der Waals surface area contributed by atoms with Gasteiger partial charge in [-0.15, -0.1) is 0 Å². The van der Waals surface area contributed by atoms with Gasteiger partial charge in [0.05, 0.1) is 5.56 Å². The van der Waals surface area contributed by atoms with Crippen molar-refractivity contribution in [1.29, 1.82) is 0 Å². The van der Waals surface area contributed by atoms with Crippen LogP contribution in [0.1, 0.15) is 29.8 Å². The third-order valence-corrected chi connectivity index (χ3v) is 4.31. The van der Waals surface area contributed by atoms with E-state index in [0.717, 1.165) is 49.5 Å². The summed E-state index contributed by atoms with van der Waals surface area (Å²) >= 11 is 0. The zero-order valence-electron chi connectivity index (χ0n) is 15.9. The first-order valence-corrected chi connectivity index (χ1v) is 8.87. The second-order valence-corrected chi connectivity index (χ2v) is 6.40. The highest BCUT2D eigenvalue weighted by molar-refractivity contribution is 5.79. The Hall–Kier alpha value is -2.51. The smallest absolute Gasteiger partial charge is 0.356 e. The van der Waals surface area contributed by atoms with Crippen LogP contribution in [0.3, 0.4) is 0 Å². The predicted molar refractivity (Wildman–Crippen MR) is 100 cm³/mol. The molecule has 1 heterocycles. The molecule has 0 unspecified atom stereocenters. The van der Waals surface area contributed by atoms with Crippen LogP contribution in [-0.4, -0.2) is 41.1 Å². The minimum atomic E-state index is -4.31. The molecule has 0 atom stereocenters. The normalized spacial score (nSPS) is 12.3. The average molecular weight is 381 g/mol. The van der Waals surface area contributed by atoms with Crippen LogP contribution in [0.15, 0.2) is 41.7 Å². The van der Waals surface area contributed by atoms with E-state index in [4.69, 9.17) is 0 Å². The van der Waals surface area contributed by atoms with Gasteiger partial charge in [0, 0.05) is 46.1 Å². The number of nitrogens with one attached hydrogen (secondary N) is 1. The maximum absolute atomic E-state index is 12.6. The highest BCUT2D eigenvalue weighted by Gasteiger charge is 2.29. The largest absolute Gasteiger partial charge is 0.416 e. The van der Waals surface area contributed by atoms with Crippen molar-refractivity contribution < 1.29 is 13.2 Å². The Bertz CT molecular complexity index is 735. The summed E-state index contributed by atoms with van der Waals surface area (Å²) in [5, 5.41) is 3.29. The second kappa shape index (κ2) is 9.43. The fraction of sp³-hybridized carbons (Fsp3) is 0.474. The molecule has 2 rings (SSSR count). The summed E-state index contributed by atoms with van der Waals surface area (Å²) in [6.45, 7) is 4.16. The van der Waals surface area contributed by atoms with Crippen molar-refractivity contribution in [3.05, 3.63) is 53.6 Å². The van der Waals surface area contributed by atoms with E-state index in [-0.39, 0.29) is 0 Å². The molecule has 0 aliphatic heterocycles. The molecule has 0 fully saturated rings. The Morgan fingerprint density at radius 2 is 1.93 bits per heavy atom. The molecule has 8 heteroatoms. The molecular formula is C19H26F3N5. The number of unbranched alkanes of at least 4 members (excludes halogenated alkanes) is 1. The molecule has 0 saturated carbocycles. The SMILES string of the molecule is CN=C(NCCCCn1ccnc1C)N(C)Cc1ccc(C(F)(F)F)cc1. The van der Waals surface area contributed by atoms with Gasteiger partial charge in [-0.25, -0.2) is 4.98 Å². The Labute approximate surface area is 157 Å². The lowest BCUT2D eigenvalue weighted by molar-refractivity contribution is -0.137. The van der Waals surface area contributed by atoms with Crippen molar-refractivity contribution in [2.75, 3.05) is 20.6 Å². The van der Waals surface area contributed by atoms with Crippen molar-refractivity contribution >= 4 is 5.96 Å². The lowest BCUT2D eigenvalue weighted by Crippen LogP contribution is -2.38. The molecule has 0 aliphatic carbocycles. The summed E-state index contributed by atoms with van der Waals surface area (Å²) < 4.78 is 40.0. The molecule has 0 amide bonds. The zero-order chi connectivity index (χ0) is 19.9.